The Labute approximate surface area is 89.2 Å². The summed E-state index contributed by atoms with van der Waals surface area (Å²) in [4.78, 5) is 10.9. The lowest BCUT2D eigenvalue weighted by Gasteiger charge is -2.34. The van der Waals surface area contributed by atoms with Gasteiger partial charge in [-0.3, -0.25) is 4.79 Å². The lowest BCUT2D eigenvalue weighted by atomic mass is 10.1. The van der Waals surface area contributed by atoms with Crippen LogP contribution >= 0.6 is 11.6 Å². The number of halogens is 4. The highest BCUT2D eigenvalue weighted by Crippen LogP contribution is 2.39. The van der Waals surface area contributed by atoms with Gasteiger partial charge in [-0.2, -0.15) is 13.2 Å². The van der Waals surface area contributed by atoms with Crippen molar-refractivity contribution in [3.05, 3.63) is 0 Å². The van der Waals surface area contributed by atoms with Crippen LogP contribution < -0.4 is 0 Å². The number of hydrogen-bond acceptors (Lipinski definition) is 4. The van der Waals surface area contributed by atoms with Crippen molar-refractivity contribution in [1.82, 2.24) is 0 Å². The first-order valence-corrected chi connectivity index (χ1v) is 4.09. The summed E-state index contributed by atoms with van der Waals surface area (Å²) in [5.74, 6) is -4.50. The molecule has 4 nitrogen and oxygen atoms in total. The van der Waals surface area contributed by atoms with E-state index in [0.29, 0.717) is 0 Å². The van der Waals surface area contributed by atoms with Crippen molar-refractivity contribution in [2.75, 3.05) is 21.3 Å². The zero-order valence-corrected chi connectivity index (χ0v) is 8.98. The highest BCUT2D eigenvalue weighted by Gasteiger charge is 2.64. The van der Waals surface area contributed by atoms with E-state index >= 15 is 0 Å². The second-order valence-electron chi connectivity index (χ2n) is 2.46. The molecule has 0 N–H and O–H groups in total. The van der Waals surface area contributed by atoms with E-state index in [0.717, 1.165) is 21.3 Å². The van der Waals surface area contributed by atoms with Gasteiger partial charge in [0.2, 0.25) is 0 Å². The van der Waals surface area contributed by atoms with Gasteiger partial charge in [0.05, 0.1) is 7.11 Å². The topological polar surface area (TPSA) is 44.8 Å². The van der Waals surface area contributed by atoms with Crippen LogP contribution in [0.3, 0.4) is 0 Å². The maximum absolute atomic E-state index is 12.6. The molecule has 90 valence electrons. The lowest BCUT2D eigenvalue weighted by molar-refractivity contribution is -0.364. The third-order valence-electron chi connectivity index (χ3n) is 1.74. The molecular formula is C7H10ClF3O4. The largest absolute Gasteiger partial charge is 0.468 e. The Kier molecular flexibility index (Phi) is 4.82. The highest BCUT2D eigenvalue weighted by atomic mass is 35.5. The summed E-state index contributed by atoms with van der Waals surface area (Å²) in [7, 11) is 2.37. The minimum Gasteiger partial charge on any atom is -0.468 e. The number of rotatable bonds is 4. The van der Waals surface area contributed by atoms with Gasteiger partial charge < -0.3 is 14.2 Å². The number of carbonyl (C=O) groups excluding carboxylic acids is 1. The fourth-order valence-corrected chi connectivity index (χ4v) is 1.32. The van der Waals surface area contributed by atoms with Gasteiger partial charge in [0.15, 0.2) is 5.38 Å². The zero-order chi connectivity index (χ0) is 12.3. The maximum atomic E-state index is 12.6. The number of esters is 1. The summed E-state index contributed by atoms with van der Waals surface area (Å²) in [6, 6.07) is 0. The average Bonchev–Trinajstić information content (AvgIpc) is 2.16. The SMILES string of the molecule is COC(=O)C(Cl)C(OC)(OC)C(F)(F)F. The van der Waals surface area contributed by atoms with Crippen molar-refractivity contribution < 1.29 is 32.2 Å². The van der Waals surface area contributed by atoms with Crippen LogP contribution in [0.2, 0.25) is 0 Å². The summed E-state index contributed by atoms with van der Waals surface area (Å²) < 4.78 is 50.1. The van der Waals surface area contributed by atoms with Crippen molar-refractivity contribution in [3.63, 3.8) is 0 Å². The molecule has 0 saturated heterocycles. The first kappa shape index (κ1) is 14.5. The predicted octanol–water partition coefficient (Wildman–Crippen LogP) is 1.32. The Hall–Kier alpha value is -0.530. The molecule has 0 bridgehead atoms. The number of methoxy groups -OCH3 is 3. The molecule has 0 amide bonds. The highest BCUT2D eigenvalue weighted by molar-refractivity contribution is 6.30. The molecule has 0 saturated carbocycles. The molecule has 15 heavy (non-hydrogen) atoms. The van der Waals surface area contributed by atoms with E-state index < -0.39 is 23.3 Å². The van der Waals surface area contributed by atoms with Gasteiger partial charge in [-0.25, -0.2) is 0 Å². The Bertz CT molecular complexity index is 227. The van der Waals surface area contributed by atoms with Crippen LogP contribution in [0.15, 0.2) is 0 Å². The summed E-state index contributed by atoms with van der Waals surface area (Å²) in [6.45, 7) is 0. The summed E-state index contributed by atoms with van der Waals surface area (Å²) in [6.07, 6.45) is -4.96. The normalized spacial score (nSPS) is 14.9. The van der Waals surface area contributed by atoms with E-state index in [4.69, 9.17) is 11.6 Å². The fourth-order valence-electron chi connectivity index (χ4n) is 0.924. The van der Waals surface area contributed by atoms with Crippen LogP contribution in [0.1, 0.15) is 0 Å². The van der Waals surface area contributed by atoms with Gasteiger partial charge in [0, 0.05) is 14.2 Å². The van der Waals surface area contributed by atoms with Crippen LogP contribution in [0, 0.1) is 0 Å². The van der Waals surface area contributed by atoms with E-state index in [2.05, 4.69) is 14.2 Å². The molecule has 0 aliphatic rings. The minimum atomic E-state index is -4.96. The van der Waals surface area contributed by atoms with E-state index in [1.165, 1.54) is 0 Å². The van der Waals surface area contributed by atoms with Gasteiger partial charge in [0.25, 0.3) is 5.79 Å². The summed E-state index contributed by atoms with van der Waals surface area (Å²) in [5.41, 5.74) is 0. The molecule has 0 aromatic heterocycles. The van der Waals surface area contributed by atoms with Gasteiger partial charge in [-0.15, -0.1) is 11.6 Å². The number of carbonyl (C=O) groups is 1. The third-order valence-corrected chi connectivity index (χ3v) is 2.21. The molecule has 1 unspecified atom stereocenters. The minimum absolute atomic E-state index is 0.731. The average molecular weight is 251 g/mol. The number of alkyl halides is 4. The molecule has 0 aromatic carbocycles. The van der Waals surface area contributed by atoms with Gasteiger partial charge in [-0.05, 0) is 0 Å². The third kappa shape index (κ3) is 2.53. The summed E-state index contributed by atoms with van der Waals surface area (Å²) >= 11 is 5.29. The second-order valence-corrected chi connectivity index (χ2v) is 2.90. The van der Waals surface area contributed by atoms with Crippen LogP contribution in [0.25, 0.3) is 0 Å². The molecule has 0 rings (SSSR count). The zero-order valence-electron chi connectivity index (χ0n) is 8.22. The molecule has 0 heterocycles. The molecule has 0 aliphatic carbocycles. The molecule has 8 heteroatoms. The standard InChI is InChI=1S/C7H10ClF3O4/c1-13-5(12)4(8)6(14-2,15-3)7(9,10)11/h4H,1-3H3. The molecule has 0 radical (unpaired) electrons. The van der Waals surface area contributed by atoms with Gasteiger partial charge in [-0.1, -0.05) is 0 Å². The first-order chi connectivity index (χ1) is 6.76. The smallest absolute Gasteiger partial charge is 0.445 e. The fraction of sp³-hybridized carbons (Fsp3) is 0.857. The van der Waals surface area contributed by atoms with Gasteiger partial charge >= 0.3 is 12.1 Å². The van der Waals surface area contributed by atoms with E-state index in [9.17, 15) is 18.0 Å². The van der Waals surface area contributed by atoms with Crippen LogP contribution in [-0.2, 0) is 19.0 Å². The lowest BCUT2D eigenvalue weighted by Crippen LogP contribution is -2.58. The maximum Gasteiger partial charge on any atom is 0.445 e. The second kappa shape index (κ2) is 5.00. The van der Waals surface area contributed by atoms with Crippen molar-refractivity contribution in [1.29, 1.82) is 0 Å². The monoisotopic (exact) mass is 250 g/mol. The molecule has 1 atom stereocenters. The van der Waals surface area contributed by atoms with E-state index in [-0.39, 0.29) is 0 Å². The van der Waals surface area contributed by atoms with Crippen molar-refractivity contribution in [2.45, 2.75) is 17.3 Å². The van der Waals surface area contributed by atoms with Crippen LogP contribution in [0.5, 0.6) is 0 Å². The molecule has 0 aromatic rings. The predicted molar refractivity (Wildman–Crippen MR) is 44.5 cm³/mol. The number of hydrogen-bond donors (Lipinski definition) is 0. The van der Waals surface area contributed by atoms with Crippen LogP contribution in [-0.4, -0.2) is 44.6 Å². The summed E-state index contributed by atoms with van der Waals surface area (Å²) in [5, 5.41) is -2.14. The Morgan fingerprint density at radius 1 is 1.20 bits per heavy atom. The Balaban J connectivity index is 5.19. The van der Waals surface area contributed by atoms with Crippen LogP contribution in [0.4, 0.5) is 13.2 Å². The van der Waals surface area contributed by atoms with Gasteiger partial charge in [0.1, 0.15) is 0 Å². The first-order valence-electron chi connectivity index (χ1n) is 3.65. The molecule has 0 fully saturated rings. The Morgan fingerprint density at radius 3 is 1.80 bits per heavy atom. The molecular weight excluding hydrogens is 241 g/mol. The quantitative estimate of drug-likeness (QED) is 0.429. The van der Waals surface area contributed by atoms with E-state index in [1.807, 2.05) is 0 Å². The van der Waals surface area contributed by atoms with E-state index in [1.54, 1.807) is 0 Å². The molecule has 0 spiro atoms. The van der Waals surface area contributed by atoms with Crippen molar-refractivity contribution in [2.24, 2.45) is 0 Å². The molecule has 0 aliphatic heterocycles. The number of ether oxygens (including phenoxy) is 3. The van der Waals surface area contributed by atoms with Crippen molar-refractivity contribution >= 4 is 17.6 Å². The Morgan fingerprint density at radius 2 is 1.60 bits per heavy atom. The van der Waals surface area contributed by atoms with Crippen molar-refractivity contribution in [3.8, 4) is 0 Å².